The van der Waals surface area contributed by atoms with Crippen molar-refractivity contribution in [1.82, 2.24) is 4.98 Å². The molecule has 0 amide bonds. The lowest BCUT2D eigenvalue weighted by atomic mass is 9.85. The summed E-state index contributed by atoms with van der Waals surface area (Å²) in [5.74, 6) is 5.99. The van der Waals surface area contributed by atoms with E-state index in [9.17, 15) is 0 Å². The van der Waals surface area contributed by atoms with Crippen molar-refractivity contribution in [2.24, 2.45) is 11.8 Å². The smallest absolute Gasteiger partial charge is 0.181 e. The number of nitrogens with zero attached hydrogens (tertiary/aromatic N) is 1. The summed E-state index contributed by atoms with van der Waals surface area (Å²) in [7, 11) is 0. The first-order valence-corrected chi connectivity index (χ1v) is 23.6. The van der Waals surface area contributed by atoms with Crippen LogP contribution in [0, 0.1) is 11.8 Å². The number of ether oxygens (including phenoxy) is 2. The van der Waals surface area contributed by atoms with Gasteiger partial charge in [0.1, 0.15) is 30.5 Å². The third-order valence-electron chi connectivity index (χ3n) is 12.0. The minimum Gasteiger partial charge on any atom is -0.491 e. The molecule has 0 aliphatic carbocycles. The Morgan fingerprint density at radius 2 is 0.731 bits per heavy atom. The Bertz CT molecular complexity index is 951. The third-order valence-corrected chi connectivity index (χ3v) is 12.0. The van der Waals surface area contributed by atoms with E-state index in [4.69, 9.17) is 18.9 Å². The van der Waals surface area contributed by atoms with Gasteiger partial charge in [-0.1, -0.05) is 189 Å². The highest BCUT2D eigenvalue weighted by atomic mass is 16.6. The van der Waals surface area contributed by atoms with E-state index < -0.39 is 0 Å². The van der Waals surface area contributed by atoms with Gasteiger partial charge in [-0.15, -0.1) is 0 Å². The predicted molar refractivity (Wildman–Crippen MR) is 225 cm³/mol. The Morgan fingerprint density at radius 3 is 1.15 bits per heavy atom. The van der Waals surface area contributed by atoms with Gasteiger partial charge in [-0.3, -0.25) is 0 Å². The summed E-state index contributed by atoms with van der Waals surface area (Å²) in [6.07, 6.45) is 42.2. The van der Waals surface area contributed by atoms with Crippen molar-refractivity contribution in [2.75, 3.05) is 13.2 Å². The molecule has 0 N–H and O–H groups in total. The number of unbranched alkanes of at least 4 members (excludes halogenated alkanes) is 16. The Kier molecular flexibility index (Phi) is 28.6. The molecule has 2 unspecified atom stereocenters. The maximum atomic E-state index is 6.52. The summed E-state index contributed by atoms with van der Waals surface area (Å²) < 4.78 is 19.3. The largest absolute Gasteiger partial charge is 0.491 e. The van der Waals surface area contributed by atoms with Crippen LogP contribution in [-0.4, -0.2) is 18.2 Å². The van der Waals surface area contributed by atoms with Crippen molar-refractivity contribution >= 4 is 0 Å². The van der Waals surface area contributed by atoms with E-state index in [0.717, 1.165) is 13.2 Å². The highest BCUT2D eigenvalue weighted by Crippen LogP contribution is 2.39. The second-order valence-corrected chi connectivity index (χ2v) is 16.6. The van der Waals surface area contributed by atoms with Crippen molar-refractivity contribution in [3.63, 3.8) is 0 Å². The molecule has 0 fully saturated rings. The van der Waals surface area contributed by atoms with Crippen LogP contribution in [0.3, 0.4) is 0 Å². The molecule has 1 aromatic heterocycles. The molecule has 1 aliphatic heterocycles. The van der Waals surface area contributed by atoms with Gasteiger partial charge in [-0.2, -0.15) is 0 Å². The van der Waals surface area contributed by atoms with Crippen LogP contribution in [-0.2, 0) is 9.47 Å². The van der Waals surface area contributed by atoms with Gasteiger partial charge in [0.25, 0.3) is 0 Å². The molecule has 4 heteroatoms. The topological polar surface area (TPSA) is 44.5 Å². The van der Waals surface area contributed by atoms with E-state index in [1.54, 1.807) is 6.39 Å². The van der Waals surface area contributed by atoms with Gasteiger partial charge in [0.2, 0.25) is 0 Å². The molecular formula is C48H89NO3. The monoisotopic (exact) mass is 728 g/mol. The third kappa shape index (κ3) is 19.2. The van der Waals surface area contributed by atoms with Crippen LogP contribution in [0.15, 0.2) is 22.3 Å². The Balaban J connectivity index is 1.84. The fourth-order valence-corrected chi connectivity index (χ4v) is 8.71. The molecule has 4 nitrogen and oxygen atoms in total. The molecule has 2 rings (SSSR count). The van der Waals surface area contributed by atoms with Crippen LogP contribution in [0.1, 0.15) is 264 Å². The van der Waals surface area contributed by atoms with Gasteiger partial charge in [0.15, 0.2) is 6.39 Å². The van der Waals surface area contributed by atoms with Crippen LogP contribution in [0.4, 0.5) is 0 Å². The van der Waals surface area contributed by atoms with E-state index in [2.05, 4.69) is 41.5 Å². The van der Waals surface area contributed by atoms with Gasteiger partial charge in [-0.05, 0) is 51.4 Å². The minimum absolute atomic E-state index is 0.543. The quantitative estimate of drug-likeness (QED) is 0.0646. The van der Waals surface area contributed by atoms with Gasteiger partial charge in [0.05, 0.1) is 5.69 Å². The molecule has 304 valence electrons. The van der Waals surface area contributed by atoms with Crippen LogP contribution in [0.25, 0.3) is 0 Å². The second-order valence-electron chi connectivity index (χ2n) is 16.6. The Labute approximate surface area is 324 Å². The number of allylic oxidation sites excluding steroid dienone is 2. The second kappa shape index (κ2) is 31.9. The standard InChI is InChI=1S/C48H89NO3/c1-7-13-25-33-41(34-26-14-8-2)45-46(52-40-49-45)42(30-16-10-4)36-28-23-21-19-20-22-24-29-37-44(35-27-15-9-3)48-47(50-38-39-51-48)43(31-17-11-5)32-18-12-6/h40-44H,7-39H2,1-6H3. The lowest BCUT2D eigenvalue weighted by Crippen LogP contribution is -2.24. The first-order valence-electron chi connectivity index (χ1n) is 23.6. The van der Waals surface area contributed by atoms with Crippen LogP contribution in [0.5, 0.6) is 0 Å². The van der Waals surface area contributed by atoms with Crippen LogP contribution < -0.4 is 0 Å². The van der Waals surface area contributed by atoms with Crippen molar-refractivity contribution in [3.8, 4) is 0 Å². The van der Waals surface area contributed by atoms with Crippen molar-refractivity contribution in [1.29, 1.82) is 0 Å². The van der Waals surface area contributed by atoms with Crippen LogP contribution in [0.2, 0.25) is 0 Å². The van der Waals surface area contributed by atoms with Gasteiger partial charge < -0.3 is 13.9 Å². The summed E-state index contributed by atoms with van der Waals surface area (Å²) in [5.41, 5.74) is 1.32. The highest BCUT2D eigenvalue weighted by molar-refractivity contribution is 5.18. The molecule has 0 spiro atoms. The maximum absolute atomic E-state index is 6.52. The number of oxazole rings is 1. The predicted octanol–water partition coefficient (Wildman–Crippen LogP) is 16.5. The molecule has 1 aliphatic rings. The minimum atomic E-state index is 0.543. The summed E-state index contributed by atoms with van der Waals surface area (Å²) in [6.45, 7) is 15.4. The first-order chi connectivity index (χ1) is 25.6. The van der Waals surface area contributed by atoms with E-state index in [0.29, 0.717) is 23.7 Å². The molecule has 2 heterocycles. The van der Waals surface area contributed by atoms with Crippen molar-refractivity contribution < 1.29 is 13.9 Å². The van der Waals surface area contributed by atoms with Crippen molar-refractivity contribution in [2.45, 2.75) is 252 Å². The number of rotatable bonds is 36. The van der Waals surface area contributed by atoms with E-state index >= 15 is 0 Å². The SMILES string of the molecule is CCCCCC(CCCCCCCCCCC(CCCC)c1ocnc1C(CCCCC)CCCCC)C1=C(C(CCCC)CCCC)OCCO1. The maximum Gasteiger partial charge on any atom is 0.181 e. The highest BCUT2D eigenvalue weighted by Gasteiger charge is 2.29. The van der Waals surface area contributed by atoms with Gasteiger partial charge >= 0.3 is 0 Å². The molecule has 0 radical (unpaired) electrons. The molecular weight excluding hydrogens is 639 g/mol. The molecule has 0 saturated carbocycles. The first kappa shape index (κ1) is 46.7. The molecule has 52 heavy (non-hydrogen) atoms. The van der Waals surface area contributed by atoms with Crippen molar-refractivity contribution in [3.05, 3.63) is 29.4 Å². The summed E-state index contributed by atoms with van der Waals surface area (Å²) >= 11 is 0. The zero-order valence-electron chi connectivity index (χ0n) is 35.9. The summed E-state index contributed by atoms with van der Waals surface area (Å²) in [4.78, 5) is 4.90. The van der Waals surface area contributed by atoms with E-state index in [1.165, 1.54) is 222 Å². The lowest BCUT2D eigenvalue weighted by molar-refractivity contribution is 0.0241. The number of hydrogen-bond acceptors (Lipinski definition) is 4. The normalized spacial score (nSPS) is 14.7. The zero-order chi connectivity index (χ0) is 37.5. The van der Waals surface area contributed by atoms with E-state index in [1.807, 2.05) is 0 Å². The van der Waals surface area contributed by atoms with Gasteiger partial charge in [0, 0.05) is 23.7 Å². The molecule has 0 bridgehead atoms. The Morgan fingerprint density at radius 1 is 0.404 bits per heavy atom. The fourth-order valence-electron chi connectivity index (χ4n) is 8.71. The summed E-state index contributed by atoms with van der Waals surface area (Å²) in [6, 6.07) is 0. The average molecular weight is 728 g/mol. The number of aromatic nitrogens is 1. The zero-order valence-corrected chi connectivity index (χ0v) is 35.9. The average Bonchev–Trinajstić information content (AvgIpc) is 3.65. The number of hydrogen-bond donors (Lipinski definition) is 0. The van der Waals surface area contributed by atoms with E-state index in [-0.39, 0.29) is 0 Å². The lowest BCUT2D eigenvalue weighted by Gasteiger charge is -2.32. The van der Waals surface area contributed by atoms with Gasteiger partial charge in [-0.25, -0.2) is 4.98 Å². The molecule has 2 atom stereocenters. The molecule has 0 aromatic carbocycles. The van der Waals surface area contributed by atoms with Crippen LogP contribution >= 0.6 is 0 Å². The Hall–Kier alpha value is -1.45. The molecule has 1 aromatic rings. The molecule has 0 saturated heterocycles. The fraction of sp³-hybridized carbons (Fsp3) is 0.896. The summed E-state index contributed by atoms with van der Waals surface area (Å²) in [5, 5.41) is 0.